The van der Waals surface area contributed by atoms with E-state index < -0.39 is 11.9 Å². The third-order valence-corrected chi connectivity index (χ3v) is 18.1. The van der Waals surface area contributed by atoms with E-state index in [1.807, 2.05) is 111 Å². The first kappa shape index (κ1) is 55.9. The third kappa shape index (κ3) is 12.4. The molecular formula is C60H69N5O11S2. The van der Waals surface area contributed by atoms with Gasteiger partial charge in [-0.25, -0.2) is 0 Å². The molecule has 4 heterocycles. The van der Waals surface area contributed by atoms with Gasteiger partial charge in [0.1, 0.15) is 19.8 Å². The molecule has 0 fully saturated rings. The fourth-order valence-electron chi connectivity index (χ4n) is 10.8. The Hall–Kier alpha value is -6.89. The maximum Gasteiger partial charge on any atom is 0.309 e. The Morgan fingerprint density at radius 1 is 0.705 bits per heavy atom. The molecule has 0 radical (unpaired) electrons. The van der Waals surface area contributed by atoms with Crippen molar-refractivity contribution >= 4 is 79.5 Å². The van der Waals surface area contributed by atoms with Crippen molar-refractivity contribution in [2.45, 2.75) is 89.3 Å². The number of likely N-dealkylation sites (N-methyl/N-ethyl adjacent to an activating group) is 2. The molecule has 78 heavy (non-hydrogen) atoms. The lowest BCUT2D eigenvalue weighted by molar-refractivity contribution is -0.146. The van der Waals surface area contributed by atoms with E-state index in [-0.39, 0.29) is 73.0 Å². The zero-order chi connectivity index (χ0) is 55.3. The van der Waals surface area contributed by atoms with E-state index in [4.69, 9.17) is 28.4 Å². The quantitative estimate of drug-likeness (QED) is 0.0373. The van der Waals surface area contributed by atoms with E-state index in [0.717, 1.165) is 64.3 Å². The second-order valence-electron chi connectivity index (χ2n) is 20.9. The first-order chi connectivity index (χ1) is 37.6. The molecule has 0 saturated carbocycles. The first-order valence-corrected chi connectivity index (χ1v) is 28.8. The molecule has 3 amide bonds. The highest BCUT2D eigenvalue weighted by molar-refractivity contribution is 8.77. The van der Waals surface area contributed by atoms with Crippen molar-refractivity contribution in [2.24, 2.45) is 5.92 Å². The van der Waals surface area contributed by atoms with Crippen molar-refractivity contribution in [3.63, 3.8) is 0 Å². The fourth-order valence-corrected chi connectivity index (χ4v) is 13.7. The molecule has 1 unspecified atom stereocenters. The number of ether oxygens (including phenoxy) is 6. The number of rotatable bonds is 23. The summed E-state index contributed by atoms with van der Waals surface area (Å²) in [6.45, 7) is 7.90. The number of para-hydroxylation sites is 2. The van der Waals surface area contributed by atoms with Crippen LogP contribution in [0.4, 0.5) is 28.4 Å². The van der Waals surface area contributed by atoms with E-state index in [9.17, 15) is 24.0 Å². The Kier molecular flexibility index (Phi) is 17.5. The number of anilines is 5. The third-order valence-electron chi connectivity index (χ3n) is 14.7. The molecule has 9 rings (SSSR count). The number of Topliss-reactive ketones (excluding diaryl/α,β-unsaturated/α-hetero) is 1. The van der Waals surface area contributed by atoms with Crippen LogP contribution in [-0.2, 0) is 49.9 Å². The van der Waals surface area contributed by atoms with Gasteiger partial charge in [-0.2, -0.15) is 0 Å². The zero-order valence-corrected chi connectivity index (χ0v) is 47.3. The Morgan fingerprint density at radius 2 is 1.23 bits per heavy atom. The number of nitrogens with one attached hydrogen (secondary N) is 1. The van der Waals surface area contributed by atoms with Gasteiger partial charge < -0.3 is 53.3 Å². The number of amides is 3. The number of ketones is 1. The lowest BCUT2D eigenvalue weighted by atomic mass is 10.1. The summed E-state index contributed by atoms with van der Waals surface area (Å²) in [5.41, 5.74) is 8.65. The molecule has 0 aromatic heterocycles. The molecule has 4 aliphatic rings. The normalized spacial score (nSPS) is 16.7. The van der Waals surface area contributed by atoms with Crippen LogP contribution in [0.5, 0.6) is 23.0 Å². The number of carbonyl (C=O) groups is 5. The summed E-state index contributed by atoms with van der Waals surface area (Å²) in [5.74, 6) is 0.488. The molecular weight excluding hydrogens is 1030 g/mol. The number of hydrogen-bond acceptors (Lipinski definition) is 15. The molecule has 0 spiro atoms. The summed E-state index contributed by atoms with van der Waals surface area (Å²) in [7, 11) is 11.4. The Labute approximate surface area is 464 Å². The predicted octanol–water partition coefficient (Wildman–Crippen LogP) is 9.96. The SMILES string of the molecule is CCCOCC(=O)CC(CSSC(C)(C)CCC(=O)Nc1cc(COc2cc3c(cc2OC)C(=O)N2c4ccccc4C[C@H]2CN3C)cc(COc2cc3c(cc2OC)C(=O)N2c4ccccc4C[C@H]2CN3C)c1)C(=O)OC. The highest BCUT2D eigenvalue weighted by atomic mass is 33.1. The maximum absolute atomic E-state index is 14.3. The van der Waals surface area contributed by atoms with Crippen molar-refractivity contribution in [3.8, 4) is 23.0 Å². The Bertz CT molecular complexity index is 2920. The van der Waals surface area contributed by atoms with Gasteiger partial charge >= 0.3 is 5.97 Å². The minimum atomic E-state index is -0.612. The van der Waals surface area contributed by atoms with Gasteiger partial charge in [0.15, 0.2) is 28.8 Å². The second kappa shape index (κ2) is 24.4. The van der Waals surface area contributed by atoms with Crippen molar-refractivity contribution in [2.75, 3.05) is 92.4 Å². The van der Waals surface area contributed by atoms with Gasteiger partial charge in [-0.1, -0.05) is 64.9 Å². The molecule has 3 atom stereocenters. The van der Waals surface area contributed by atoms with E-state index >= 15 is 0 Å². The van der Waals surface area contributed by atoms with E-state index in [0.29, 0.717) is 71.7 Å². The van der Waals surface area contributed by atoms with Crippen LogP contribution >= 0.6 is 21.6 Å². The molecule has 0 saturated heterocycles. The number of benzene rings is 5. The molecule has 412 valence electrons. The predicted molar refractivity (Wildman–Crippen MR) is 307 cm³/mol. The topological polar surface area (TPSA) is 166 Å². The van der Waals surface area contributed by atoms with Gasteiger partial charge in [0.25, 0.3) is 11.8 Å². The van der Waals surface area contributed by atoms with Gasteiger partial charge in [0.2, 0.25) is 5.91 Å². The number of fused-ring (bicyclic) bond motifs is 8. The molecule has 5 aromatic carbocycles. The number of esters is 1. The van der Waals surface area contributed by atoms with E-state index in [2.05, 4.69) is 27.2 Å². The van der Waals surface area contributed by atoms with Gasteiger partial charge in [0, 0.05) is 86.3 Å². The van der Waals surface area contributed by atoms with Crippen molar-refractivity contribution in [1.82, 2.24) is 0 Å². The van der Waals surface area contributed by atoms with Crippen LogP contribution in [0.25, 0.3) is 0 Å². The summed E-state index contributed by atoms with van der Waals surface area (Å²) >= 11 is 0. The second-order valence-corrected chi connectivity index (χ2v) is 24.0. The maximum atomic E-state index is 14.3. The van der Waals surface area contributed by atoms with Crippen LogP contribution in [-0.4, -0.2) is 114 Å². The first-order valence-electron chi connectivity index (χ1n) is 26.4. The molecule has 4 aliphatic heterocycles. The molecule has 18 heteroatoms. The van der Waals surface area contributed by atoms with Crippen LogP contribution in [0.2, 0.25) is 0 Å². The summed E-state index contributed by atoms with van der Waals surface area (Å²) in [6, 6.07) is 29.0. The minimum Gasteiger partial charge on any atom is -0.493 e. The minimum absolute atomic E-state index is 0.0279. The van der Waals surface area contributed by atoms with Crippen LogP contribution in [0.1, 0.15) is 89.4 Å². The van der Waals surface area contributed by atoms with Gasteiger partial charge in [0.05, 0.1) is 61.8 Å². The number of methoxy groups -OCH3 is 3. The van der Waals surface area contributed by atoms with Crippen LogP contribution in [0.15, 0.2) is 91.0 Å². The molecule has 5 aromatic rings. The molecule has 16 nitrogen and oxygen atoms in total. The number of carbonyl (C=O) groups excluding carboxylic acids is 5. The number of nitrogens with zero attached hydrogens (tertiary/aromatic N) is 4. The smallest absolute Gasteiger partial charge is 0.309 e. The summed E-state index contributed by atoms with van der Waals surface area (Å²) in [6.07, 6.45) is 3.07. The average Bonchev–Trinajstić information content (AvgIpc) is 4.06. The molecule has 0 bridgehead atoms. The van der Waals surface area contributed by atoms with Crippen LogP contribution < -0.4 is 43.9 Å². The largest absolute Gasteiger partial charge is 0.493 e. The van der Waals surface area contributed by atoms with E-state index in [1.165, 1.54) is 17.9 Å². The highest BCUT2D eigenvalue weighted by Gasteiger charge is 2.41. The lowest BCUT2D eigenvalue weighted by Gasteiger charge is -2.25. The molecule has 1 N–H and O–H groups in total. The van der Waals surface area contributed by atoms with Crippen molar-refractivity contribution in [3.05, 3.63) is 124 Å². The van der Waals surface area contributed by atoms with Crippen molar-refractivity contribution in [1.29, 1.82) is 0 Å². The van der Waals surface area contributed by atoms with Crippen LogP contribution in [0.3, 0.4) is 0 Å². The summed E-state index contributed by atoms with van der Waals surface area (Å²) in [5, 5.41) is 3.12. The van der Waals surface area contributed by atoms with E-state index in [1.54, 1.807) is 37.1 Å². The highest BCUT2D eigenvalue weighted by Crippen LogP contribution is 2.45. The van der Waals surface area contributed by atoms with Crippen LogP contribution in [0, 0.1) is 5.92 Å². The fraction of sp³-hybridized carbons (Fsp3) is 0.417. The Balaban J connectivity index is 0.931. The van der Waals surface area contributed by atoms with Crippen molar-refractivity contribution < 1.29 is 52.4 Å². The average molecular weight is 1100 g/mol. The number of hydrogen-bond donors (Lipinski definition) is 1. The van der Waals surface area contributed by atoms with Gasteiger partial charge in [-0.3, -0.25) is 24.0 Å². The van der Waals surface area contributed by atoms with Gasteiger partial charge in [-0.05, 0) is 104 Å². The standard InChI is InChI=1S/C60H69N5O11S2/c1-9-20-74-35-45(66)26-41(59(70)73-8)36-77-78-60(2,3)19-18-56(67)61-42-22-37(33-75-54-29-50-46(27-52(54)71-6)57(68)64-43(31-62(50)4)24-39-14-10-12-16-48(39)64)21-38(23-42)34-76-55-30-51-47(28-53(55)72-7)58(69)65-44(32-63(51)5)25-40-15-11-13-17-49(40)65/h10-17,21-23,27-30,41,43-44H,9,18-20,24-26,31-36H2,1-8H3,(H,61,67)/t41?,43-,44-/m0/s1. The molecule has 0 aliphatic carbocycles. The summed E-state index contributed by atoms with van der Waals surface area (Å²) < 4.78 is 35.0. The Morgan fingerprint density at radius 3 is 1.73 bits per heavy atom. The zero-order valence-electron chi connectivity index (χ0n) is 45.7. The summed E-state index contributed by atoms with van der Waals surface area (Å²) in [4.78, 5) is 75.7. The monoisotopic (exact) mass is 1100 g/mol. The van der Waals surface area contributed by atoms with Gasteiger partial charge in [-0.15, -0.1) is 0 Å². The lowest BCUT2D eigenvalue weighted by Crippen LogP contribution is -2.41.